The Morgan fingerprint density at radius 3 is 2.76 bits per heavy atom. The van der Waals surface area contributed by atoms with Crippen LogP contribution in [0.5, 0.6) is 5.75 Å². The van der Waals surface area contributed by atoms with Crippen LogP contribution >= 0.6 is 0 Å². The summed E-state index contributed by atoms with van der Waals surface area (Å²) >= 11 is 0. The van der Waals surface area contributed by atoms with Gasteiger partial charge in [0.25, 0.3) is 0 Å². The van der Waals surface area contributed by atoms with E-state index in [1.807, 2.05) is 48.5 Å². The topological polar surface area (TPSA) is 51.5 Å². The summed E-state index contributed by atoms with van der Waals surface area (Å²) in [7, 11) is 0. The lowest BCUT2D eigenvalue weighted by Crippen LogP contribution is -2.20. The quantitative estimate of drug-likeness (QED) is 0.786. The Balaban J connectivity index is 1.73. The number of rotatable bonds is 3. The lowest BCUT2D eigenvalue weighted by molar-refractivity contribution is 0.190. The van der Waals surface area contributed by atoms with Crippen molar-refractivity contribution in [1.29, 1.82) is 0 Å². The van der Waals surface area contributed by atoms with Crippen LogP contribution in [0.25, 0.3) is 22.3 Å². The van der Waals surface area contributed by atoms with Gasteiger partial charge in [-0.15, -0.1) is 0 Å². The molecule has 0 bridgehead atoms. The maximum absolute atomic E-state index is 12.8. The fraction of sp³-hybridized carbons (Fsp3) is 0.286. The molecule has 2 aromatic carbocycles. The molecule has 0 spiro atoms. The van der Waals surface area contributed by atoms with E-state index in [0.717, 1.165) is 37.9 Å². The van der Waals surface area contributed by atoms with Crippen LogP contribution < -0.4 is 15.5 Å². The van der Waals surface area contributed by atoms with Crippen molar-refractivity contribution in [2.24, 2.45) is 0 Å². The van der Waals surface area contributed by atoms with Crippen molar-refractivity contribution in [2.75, 3.05) is 13.1 Å². The Labute approximate surface area is 146 Å². The predicted molar refractivity (Wildman–Crippen MR) is 99.1 cm³/mol. The van der Waals surface area contributed by atoms with E-state index < -0.39 is 0 Å². The molecule has 1 unspecified atom stereocenters. The molecule has 0 amide bonds. The molecule has 2 heterocycles. The van der Waals surface area contributed by atoms with E-state index in [4.69, 9.17) is 9.15 Å². The molecule has 1 aromatic heterocycles. The van der Waals surface area contributed by atoms with Gasteiger partial charge in [0, 0.05) is 11.6 Å². The molecule has 1 atom stereocenters. The lowest BCUT2D eigenvalue weighted by Gasteiger charge is -2.17. The summed E-state index contributed by atoms with van der Waals surface area (Å²) < 4.78 is 12.2. The third kappa shape index (κ3) is 3.44. The summed E-state index contributed by atoms with van der Waals surface area (Å²) in [5, 5.41) is 3.90. The normalized spacial score (nSPS) is 18.0. The Bertz CT molecular complexity index is 909. The van der Waals surface area contributed by atoms with Crippen LogP contribution in [0.2, 0.25) is 0 Å². The maximum Gasteiger partial charge on any atom is 0.197 e. The van der Waals surface area contributed by atoms with E-state index in [9.17, 15) is 4.79 Å². The van der Waals surface area contributed by atoms with E-state index >= 15 is 0 Å². The standard InChI is InChI=1S/C21H21NO3/c23-17-14-20(15-6-2-1-3-7-15)25-19-10-4-9-18(21(17)19)24-16-8-5-12-22-13-11-16/h1-4,6-7,9-10,14,16,22H,5,8,11-13H2. The summed E-state index contributed by atoms with van der Waals surface area (Å²) in [6.07, 6.45) is 3.16. The van der Waals surface area contributed by atoms with Crippen molar-refractivity contribution in [3.05, 3.63) is 64.8 Å². The van der Waals surface area contributed by atoms with E-state index in [0.29, 0.717) is 22.5 Å². The van der Waals surface area contributed by atoms with Crippen LogP contribution in [0.4, 0.5) is 0 Å². The molecule has 1 aliphatic heterocycles. The minimum Gasteiger partial charge on any atom is -0.489 e. The van der Waals surface area contributed by atoms with Crippen LogP contribution in [0.3, 0.4) is 0 Å². The molecule has 25 heavy (non-hydrogen) atoms. The molecule has 0 aliphatic carbocycles. The van der Waals surface area contributed by atoms with Gasteiger partial charge in [-0.05, 0) is 44.5 Å². The lowest BCUT2D eigenvalue weighted by atomic mass is 10.1. The molecular weight excluding hydrogens is 314 g/mol. The molecule has 4 heteroatoms. The number of nitrogens with one attached hydrogen (secondary N) is 1. The van der Waals surface area contributed by atoms with Crippen LogP contribution in [-0.2, 0) is 0 Å². The van der Waals surface area contributed by atoms with Gasteiger partial charge in [0.2, 0.25) is 0 Å². The largest absolute Gasteiger partial charge is 0.489 e. The fourth-order valence-electron chi connectivity index (χ4n) is 3.31. The Morgan fingerprint density at radius 1 is 1.00 bits per heavy atom. The van der Waals surface area contributed by atoms with Crippen molar-refractivity contribution in [2.45, 2.75) is 25.4 Å². The predicted octanol–water partition coefficient (Wildman–Crippen LogP) is 3.98. The summed E-state index contributed by atoms with van der Waals surface area (Å²) in [5.74, 6) is 1.20. The molecule has 4 rings (SSSR count). The van der Waals surface area contributed by atoms with Crippen LogP contribution in [0, 0.1) is 0 Å². The summed E-state index contributed by atoms with van der Waals surface area (Å²) in [6, 6.07) is 16.8. The zero-order valence-corrected chi connectivity index (χ0v) is 14.0. The number of fused-ring (bicyclic) bond motifs is 1. The summed E-state index contributed by atoms with van der Waals surface area (Å²) in [5.41, 5.74) is 1.39. The van der Waals surface area contributed by atoms with E-state index in [-0.39, 0.29) is 11.5 Å². The number of hydrogen-bond acceptors (Lipinski definition) is 4. The van der Waals surface area contributed by atoms with Crippen molar-refractivity contribution in [1.82, 2.24) is 5.32 Å². The van der Waals surface area contributed by atoms with Crippen molar-refractivity contribution < 1.29 is 9.15 Å². The molecule has 3 aromatic rings. The van der Waals surface area contributed by atoms with Gasteiger partial charge in [0.1, 0.15) is 22.5 Å². The molecular formula is C21H21NO3. The first-order valence-electron chi connectivity index (χ1n) is 8.81. The average molecular weight is 335 g/mol. The SMILES string of the molecule is O=c1cc(-c2ccccc2)oc2cccc(OC3CCCNCC3)c12. The molecule has 0 saturated carbocycles. The van der Waals surface area contributed by atoms with Gasteiger partial charge in [0.05, 0.1) is 6.10 Å². The first-order valence-corrected chi connectivity index (χ1v) is 8.81. The Morgan fingerprint density at radius 2 is 1.88 bits per heavy atom. The van der Waals surface area contributed by atoms with Gasteiger partial charge in [-0.2, -0.15) is 0 Å². The highest BCUT2D eigenvalue weighted by atomic mass is 16.5. The highest BCUT2D eigenvalue weighted by molar-refractivity contribution is 5.84. The average Bonchev–Trinajstić information content (AvgIpc) is 2.91. The number of ether oxygens (including phenoxy) is 1. The second-order valence-electron chi connectivity index (χ2n) is 6.39. The number of benzene rings is 2. The monoisotopic (exact) mass is 335 g/mol. The molecule has 1 N–H and O–H groups in total. The highest BCUT2D eigenvalue weighted by Crippen LogP contribution is 2.28. The minimum absolute atomic E-state index is 0.0672. The van der Waals surface area contributed by atoms with Gasteiger partial charge < -0.3 is 14.5 Å². The van der Waals surface area contributed by atoms with Gasteiger partial charge >= 0.3 is 0 Å². The van der Waals surface area contributed by atoms with E-state index in [1.54, 1.807) is 6.07 Å². The minimum atomic E-state index is -0.0672. The molecule has 1 saturated heterocycles. The second-order valence-corrected chi connectivity index (χ2v) is 6.39. The van der Waals surface area contributed by atoms with Gasteiger partial charge in [-0.3, -0.25) is 4.79 Å². The zero-order valence-electron chi connectivity index (χ0n) is 14.0. The van der Waals surface area contributed by atoms with Gasteiger partial charge in [-0.1, -0.05) is 36.4 Å². The first-order chi connectivity index (χ1) is 12.3. The molecule has 1 aliphatic rings. The third-order valence-electron chi connectivity index (χ3n) is 4.59. The summed E-state index contributed by atoms with van der Waals surface area (Å²) in [6.45, 7) is 1.97. The zero-order chi connectivity index (χ0) is 17.1. The highest BCUT2D eigenvalue weighted by Gasteiger charge is 2.17. The van der Waals surface area contributed by atoms with Crippen LogP contribution in [0.1, 0.15) is 19.3 Å². The van der Waals surface area contributed by atoms with Gasteiger partial charge in [0.15, 0.2) is 5.43 Å². The summed E-state index contributed by atoms with van der Waals surface area (Å²) in [4.78, 5) is 12.8. The van der Waals surface area contributed by atoms with Crippen LogP contribution in [-0.4, -0.2) is 19.2 Å². The fourth-order valence-corrected chi connectivity index (χ4v) is 3.31. The second kappa shape index (κ2) is 7.11. The molecule has 0 radical (unpaired) electrons. The third-order valence-corrected chi connectivity index (χ3v) is 4.59. The van der Waals surface area contributed by atoms with E-state index in [1.165, 1.54) is 0 Å². The maximum atomic E-state index is 12.8. The van der Waals surface area contributed by atoms with E-state index in [2.05, 4.69) is 5.32 Å². The Kier molecular flexibility index (Phi) is 4.53. The first kappa shape index (κ1) is 15.9. The molecule has 1 fully saturated rings. The number of hydrogen-bond donors (Lipinski definition) is 1. The molecule has 128 valence electrons. The van der Waals surface area contributed by atoms with Crippen molar-refractivity contribution in [3.63, 3.8) is 0 Å². The Hall–Kier alpha value is -2.59. The van der Waals surface area contributed by atoms with Crippen molar-refractivity contribution in [3.8, 4) is 17.1 Å². The van der Waals surface area contributed by atoms with Crippen LogP contribution in [0.15, 0.2) is 63.8 Å². The van der Waals surface area contributed by atoms with Crippen molar-refractivity contribution >= 4 is 11.0 Å². The molecule has 4 nitrogen and oxygen atoms in total. The smallest absolute Gasteiger partial charge is 0.197 e. The van der Waals surface area contributed by atoms with Gasteiger partial charge in [-0.25, -0.2) is 0 Å².